The average Bonchev–Trinajstić information content (AvgIpc) is 3.26. The van der Waals surface area contributed by atoms with Crippen molar-refractivity contribution in [1.29, 1.82) is 5.41 Å². The van der Waals surface area contributed by atoms with Crippen LogP contribution in [0.1, 0.15) is 44.3 Å². The standard InChI is InChI=1S/C17H22BrFN2O/c1-11(20)13(10-21-9-12-2-3-12)4-7-17(22)15-6-5-14(19)8-16(15)18/h5-6,8,10,12,17,20-22H,2-4,7,9H2,1H3/b13-10-,20-11?. The van der Waals surface area contributed by atoms with Crippen molar-refractivity contribution in [2.75, 3.05) is 6.54 Å². The van der Waals surface area contributed by atoms with Crippen molar-refractivity contribution >= 4 is 21.6 Å². The highest BCUT2D eigenvalue weighted by molar-refractivity contribution is 9.10. The van der Waals surface area contributed by atoms with Gasteiger partial charge in [0.2, 0.25) is 0 Å². The molecule has 1 saturated carbocycles. The van der Waals surface area contributed by atoms with E-state index in [2.05, 4.69) is 21.2 Å². The number of aliphatic hydroxyl groups is 1. The van der Waals surface area contributed by atoms with E-state index in [4.69, 9.17) is 5.41 Å². The fourth-order valence-electron chi connectivity index (χ4n) is 2.26. The second-order valence-corrected chi connectivity index (χ2v) is 6.72. The molecule has 0 radical (unpaired) electrons. The van der Waals surface area contributed by atoms with Crippen LogP contribution in [0.2, 0.25) is 0 Å². The third-order valence-electron chi connectivity index (χ3n) is 3.87. The highest BCUT2D eigenvalue weighted by atomic mass is 79.9. The van der Waals surface area contributed by atoms with Gasteiger partial charge in [0.15, 0.2) is 0 Å². The maximum atomic E-state index is 13.1. The van der Waals surface area contributed by atoms with Crippen LogP contribution < -0.4 is 5.32 Å². The smallest absolute Gasteiger partial charge is 0.124 e. The first-order valence-corrected chi connectivity index (χ1v) is 8.37. The molecule has 1 aliphatic carbocycles. The molecule has 0 saturated heterocycles. The Morgan fingerprint density at radius 1 is 1.55 bits per heavy atom. The van der Waals surface area contributed by atoms with Gasteiger partial charge >= 0.3 is 0 Å². The average molecular weight is 369 g/mol. The lowest BCUT2D eigenvalue weighted by Gasteiger charge is -2.14. The molecule has 0 amide bonds. The molecule has 1 fully saturated rings. The summed E-state index contributed by atoms with van der Waals surface area (Å²) in [6.45, 7) is 2.72. The van der Waals surface area contributed by atoms with E-state index in [1.807, 2.05) is 6.20 Å². The van der Waals surface area contributed by atoms with E-state index in [9.17, 15) is 9.50 Å². The molecule has 0 spiro atoms. The fourth-order valence-corrected chi connectivity index (χ4v) is 2.87. The zero-order valence-electron chi connectivity index (χ0n) is 12.7. The summed E-state index contributed by atoms with van der Waals surface area (Å²) in [5.41, 5.74) is 2.08. The predicted molar refractivity (Wildman–Crippen MR) is 90.5 cm³/mol. The van der Waals surface area contributed by atoms with Crippen LogP contribution in [-0.2, 0) is 0 Å². The zero-order valence-corrected chi connectivity index (χ0v) is 14.3. The number of nitrogens with one attached hydrogen (secondary N) is 2. The Bertz CT molecular complexity index is 570. The second-order valence-electron chi connectivity index (χ2n) is 5.87. The van der Waals surface area contributed by atoms with Gasteiger partial charge < -0.3 is 15.8 Å². The zero-order chi connectivity index (χ0) is 16.1. The van der Waals surface area contributed by atoms with Crippen LogP contribution in [0.3, 0.4) is 0 Å². The van der Waals surface area contributed by atoms with E-state index in [0.29, 0.717) is 28.6 Å². The Balaban J connectivity index is 1.91. The van der Waals surface area contributed by atoms with E-state index >= 15 is 0 Å². The summed E-state index contributed by atoms with van der Waals surface area (Å²) in [5.74, 6) is 0.451. The maximum Gasteiger partial charge on any atom is 0.124 e. The van der Waals surface area contributed by atoms with Crippen molar-refractivity contribution in [2.24, 2.45) is 5.92 Å². The molecule has 1 aromatic rings. The molecule has 1 unspecified atom stereocenters. The minimum absolute atomic E-state index is 0.331. The molecular formula is C17H22BrFN2O. The molecule has 120 valence electrons. The van der Waals surface area contributed by atoms with Gasteiger partial charge in [-0.25, -0.2) is 4.39 Å². The van der Waals surface area contributed by atoms with Crippen molar-refractivity contribution in [2.45, 2.75) is 38.7 Å². The van der Waals surface area contributed by atoms with Gasteiger partial charge in [0.1, 0.15) is 5.82 Å². The molecule has 5 heteroatoms. The number of hydrogen-bond donors (Lipinski definition) is 3. The van der Waals surface area contributed by atoms with E-state index < -0.39 is 6.10 Å². The van der Waals surface area contributed by atoms with Crippen LogP contribution in [-0.4, -0.2) is 17.4 Å². The Morgan fingerprint density at radius 2 is 2.27 bits per heavy atom. The van der Waals surface area contributed by atoms with E-state index in [-0.39, 0.29) is 5.82 Å². The molecule has 1 aliphatic rings. The summed E-state index contributed by atoms with van der Waals surface area (Å²) < 4.78 is 13.7. The minimum Gasteiger partial charge on any atom is -0.390 e. The largest absolute Gasteiger partial charge is 0.390 e. The Kier molecular flexibility index (Phi) is 6.15. The lowest BCUT2D eigenvalue weighted by Crippen LogP contribution is -2.12. The predicted octanol–water partition coefficient (Wildman–Crippen LogP) is 4.32. The van der Waals surface area contributed by atoms with Crippen molar-refractivity contribution in [3.05, 3.63) is 45.8 Å². The number of allylic oxidation sites excluding steroid dienone is 1. The highest BCUT2D eigenvalue weighted by Crippen LogP contribution is 2.29. The molecule has 1 aromatic carbocycles. The number of hydrogen-bond acceptors (Lipinski definition) is 3. The SMILES string of the molecule is CC(=N)/C(=C\NCC1CC1)CCC(O)c1ccc(F)cc1Br. The van der Waals surface area contributed by atoms with Crippen molar-refractivity contribution in [1.82, 2.24) is 5.32 Å². The first kappa shape index (κ1) is 17.2. The summed E-state index contributed by atoms with van der Waals surface area (Å²) in [7, 11) is 0. The number of aliphatic hydroxyl groups excluding tert-OH is 1. The van der Waals surface area contributed by atoms with Gasteiger partial charge in [-0.1, -0.05) is 22.0 Å². The van der Waals surface area contributed by atoms with E-state index in [1.54, 1.807) is 13.0 Å². The van der Waals surface area contributed by atoms with Gasteiger partial charge in [0.05, 0.1) is 6.10 Å². The molecule has 22 heavy (non-hydrogen) atoms. The lowest BCUT2D eigenvalue weighted by atomic mass is 10.00. The molecule has 2 rings (SSSR count). The third kappa shape index (κ3) is 5.21. The second kappa shape index (κ2) is 7.88. The highest BCUT2D eigenvalue weighted by Gasteiger charge is 2.20. The number of halogens is 2. The summed E-state index contributed by atoms with van der Waals surface area (Å²) in [4.78, 5) is 0. The summed E-state index contributed by atoms with van der Waals surface area (Å²) in [6, 6.07) is 4.30. The molecule has 0 aliphatic heterocycles. The van der Waals surface area contributed by atoms with Crippen molar-refractivity contribution in [3.63, 3.8) is 0 Å². The quantitative estimate of drug-likeness (QED) is 0.598. The van der Waals surface area contributed by atoms with Gasteiger partial charge in [0, 0.05) is 22.9 Å². The molecule has 1 atom stereocenters. The minimum atomic E-state index is -0.679. The van der Waals surface area contributed by atoms with Crippen LogP contribution in [0.15, 0.2) is 34.4 Å². The summed E-state index contributed by atoms with van der Waals surface area (Å²) >= 11 is 3.28. The number of benzene rings is 1. The van der Waals surface area contributed by atoms with E-state index in [0.717, 1.165) is 18.0 Å². The van der Waals surface area contributed by atoms with Gasteiger partial charge in [-0.15, -0.1) is 0 Å². The van der Waals surface area contributed by atoms with Crippen molar-refractivity contribution < 1.29 is 9.50 Å². The van der Waals surface area contributed by atoms with Crippen molar-refractivity contribution in [3.8, 4) is 0 Å². The summed E-state index contributed by atoms with van der Waals surface area (Å²) in [5, 5.41) is 21.4. The molecule has 3 N–H and O–H groups in total. The van der Waals surface area contributed by atoms with Gasteiger partial charge in [-0.3, -0.25) is 0 Å². The summed E-state index contributed by atoms with van der Waals surface area (Å²) in [6.07, 6.45) is 4.90. The first-order valence-electron chi connectivity index (χ1n) is 7.58. The maximum absolute atomic E-state index is 13.1. The first-order chi connectivity index (χ1) is 10.5. The van der Waals surface area contributed by atoms with Crippen LogP contribution in [0.4, 0.5) is 4.39 Å². The molecule has 0 heterocycles. The molecular weight excluding hydrogens is 347 g/mol. The van der Waals surface area contributed by atoms with Crippen LogP contribution in [0.5, 0.6) is 0 Å². The fraction of sp³-hybridized carbons (Fsp3) is 0.471. The van der Waals surface area contributed by atoms with Gasteiger partial charge in [-0.05, 0) is 61.8 Å². The Labute approximate surface area is 139 Å². The van der Waals surface area contributed by atoms with Gasteiger partial charge in [-0.2, -0.15) is 0 Å². The monoisotopic (exact) mass is 368 g/mol. The van der Waals surface area contributed by atoms with Gasteiger partial charge in [0.25, 0.3) is 0 Å². The van der Waals surface area contributed by atoms with Crippen LogP contribution >= 0.6 is 15.9 Å². The number of rotatable bonds is 8. The Morgan fingerprint density at radius 3 is 2.86 bits per heavy atom. The lowest BCUT2D eigenvalue weighted by molar-refractivity contribution is 0.167. The normalized spacial score (nSPS) is 16.5. The van der Waals surface area contributed by atoms with Crippen LogP contribution in [0.25, 0.3) is 0 Å². The Hall–Kier alpha value is -1.20. The van der Waals surface area contributed by atoms with E-state index in [1.165, 1.54) is 25.0 Å². The third-order valence-corrected chi connectivity index (χ3v) is 4.56. The molecule has 0 aromatic heterocycles. The topological polar surface area (TPSA) is 56.1 Å². The molecule has 0 bridgehead atoms. The molecule has 3 nitrogen and oxygen atoms in total. The van der Waals surface area contributed by atoms with Crippen LogP contribution in [0, 0.1) is 17.1 Å².